The monoisotopic (exact) mass is 572 g/mol. The third-order valence-corrected chi connectivity index (χ3v) is 7.25. The molecule has 4 aromatic rings. The van der Waals surface area contributed by atoms with Gasteiger partial charge in [-0.15, -0.1) is 11.8 Å². The van der Waals surface area contributed by atoms with Gasteiger partial charge < -0.3 is 10.1 Å². The normalized spacial score (nSPS) is 12.4. The van der Waals surface area contributed by atoms with E-state index in [0.29, 0.717) is 39.8 Å². The number of thioether (sulfide) groups is 1. The SMILES string of the molecule is Cc1ccc(N2C(=O)c3ccc(Oc4ccc(NC(=O)CSc5ccc(Br)cc5)cc4)cc3C2=O)cc1. The first-order valence-electron chi connectivity index (χ1n) is 11.4. The van der Waals surface area contributed by atoms with Gasteiger partial charge in [-0.05, 0) is 85.8 Å². The smallest absolute Gasteiger partial charge is 0.266 e. The fourth-order valence-corrected chi connectivity index (χ4v) is 4.79. The number of nitrogens with zero attached hydrogens (tertiary/aromatic N) is 1. The molecule has 8 heteroatoms. The van der Waals surface area contributed by atoms with Crippen LogP contribution in [0.5, 0.6) is 11.5 Å². The number of ether oxygens (including phenoxy) is 1. The summed E-state index contributed by atoms with van der Waals surface area (Å²) in [5.74, 6) is 0.424. The number of benzene rings is 4. The van der Waals surface area contributed by atoms with Crippen molar-refractivity contribution in [1.29, 1.82) is 0 Å². The third kappa shape index (κ3) is 5.60. The number of halogens is 1. The third-order valence-electron chi connectivity index (χ3n) is 5.71. The maximum Gasteiger partial charge on any atom is 0.266 e. The summed E-state index contributed by atoms with van der Waals surface area (Å²) in [4.78, 5) is 40.4. The van der Waals surface area contributed by atoms with Crippen LogP contribution >= 0.6 is 27.7 Å². The van der Waals surface area contributed by atoms with Crippen LogP contribution in [0.1, 0.15) is 26.3 Å². The minimum Gasteiger partial charge on any atom is -0.457 e. The number of carbonyl (C=O) groups is 3. The van der Waals surface area contributed by atoms with Crippen molar-refractivity contribution in [1.82, 2.24) is 0 Å². The average Bonchev–Trinajstić information content (AvgIpc) is 3.14. The summed E-state index contributed by atoms with van der Waals surface area (Å²) in [5.41, 5.74) is 2.87. The van der Waals surface area contributed by atoms with E-state index in [1.807, 2.05) is 43.3 Å². The molecule has 5 rings (SSSR count). The van der Waals surface area contributed by atoms with Crippen LogP contribution in [-0.2, 0) is 4.79 Å². The van der Waals surface area contributed by atoms with Crippen LogP contribution in [0.25, 0.3) is 0 Å². The first-order chi connectivity index (χ1) is 17.9. The Morgan fingerprint density at radius 1 is 0.838 bits per heavy atom. The molecule has 0 unspecified atom stereocenters. The molecule has 37 heavy (non-hydrogen) atoms. The van der Waals surface area contributed by atoms with E-state index in [2.05, 4.69) is 21.2 Å². The molecule has 0 saturated heterocycles. The highest BCUT2D eigenvalue weighted by atomic mass is 79.9. The second-order valence-corrected chi connectivity index (χ2v) is 10.4. The Balaban J connectivity index is 1.21. The fraction of sp³-hybridized carbons (Fsp3) is 0.0690. The maximum absolute atomic E-state index is 13.0. The van der Waals surface area contributed by atoms with Crippen LogP contribution in [0, 0.1) is 6.92 Å². The molecule has 0 radical (unpaired) electrons. The van der Waals surface area contributed by atoms with Gasteiger partial charge in [0.25, 0.3) is 11.8 Å². The summed E-state index contributed by atoms with van der Waals surface area (Å²) in [6, 6.07) is 26.8. The molecule has 0 atom stereocenters. The molecule has 0 aromatic heterocycles. The van der Waals surface area contributed by atoms with Gasteiger partial charge in [-0.25, -0.2) is 4.90 Å². The molecule has 0 bridgehead atoms. The van der Waals surface area contributed by atoms with Crippen LogP contribution in [0.3, 0.4) is 0 Å². The van der Waals surface area contributed by atoms with Crippen LogP contribution in [-0.4, -0.2) is 23.5 Å². The molecule has 1 aliphatic rings. The van der Waals surface area contributed by atoms with Gasteiger partial charge >= 0.3 is 0 Å². The molecule has 1 aliphatic heterocycles. The van der Waals surface area contributed by atoms with Crippen LogP contribution in [0.4, 0.5) is 11.4 Å². The van der Waals surface area contributed by atoms with Gasteiger partial charge in [-0.2, -0.15) is 0 Å². The molecule has 4 aromatic carbocycles. The zero-order valence-electron chi connectivity index (χ0n) is 19.7. The Morgan fingerprint density at radius 2 is 1.49 bits per heavy atom. The Kier molecular flexibility index (Phi) is 7.12. The van der Waals surface area contributed by atoms with E-state index >= 15 is 0 Å². The van der Waals surface area contributed by atoms with E-state index in [1.165, 1.54) is 16.7 Å². The standard InChI is InChI=1S/C29H21BrN2O4S/c1-18-2-8-21(9-3-18)32-28(34)25-15-12-23(16-26(25)29(32)35)36-22-10-6-20(7-11-22)31-27(33)17-37-24-13-4-19(30)5-14-24/h2-16H,17H2,1H3,(H,31,33). The van der Waals surface area contributed by atoms with Gasteiger partial charge in [0, 0.05) is 15.1 Å². The highest BCUT2D eigenvalue weighted by Gasteiger charge is 2.37. The molecule has 0 fully saturated rings. The lowest BCUT2D eigenvalue weighted by Crippen LogP contribution is -2.29. The molecular formula is C29H21BrN2O4S. The molecule has 3 amide bonds. The van der Waals surface area contributed by atoms with E-state index in [9.17, 15) is 14.4 Å². The minimum atomic E-state index is -0.381. The highest BCUT2D eigenvalue weighted by molar-refractivity contribution is 9.10. The van der Waals surface area contributed by atoms with Crippen molar-refractivity contribution >= 4 is 56.8 Å². The average molecular weight is 573 g/mol. The summed E-state index contributed by atoms with van der Waals surface area (Å²) in [5, 5.41) is 2.87. The zero-order chi connectivity index (χ0) is 25.9. The van der Waals surface area contributed by atoms with Crippen molar-refractivity contribution in [2.45, 2.75) is 11.8 Å². The lowest BCUT2D eigenvalue weighted by atomic mass is 10.1. The Hall–Kier alpha value is -3.88. The number of amides is 3. The number of rotatable bonds is 7. The van der Waals surface area contributed by atoms with Crippen LogP contribution in [0.15, 0.2) is 100 Å². The summed E-state index contributed by atoms with van der Waals surface area (Å²) in [6.45, 7) is 1.95. The van der Waals surface area contributed by atoms with Crippen molar-refractivity contribution in [3.05, 3.63) is 112 Å². The molecule has 6 nitrogen and oxygen atoms in total. The summed E-state index contributed by atoms with van der Waals surface area (Å²) in [7, 11) is 0. The van der Waals surface area contributed by atoms with Crippen molar-refractivity contribution in [2.75, 3.05) is 16.0 Å². The van der Waals surface area contributed by atoms with E-state index in [-0.39, 0.29) is 17.7 Å². The van der Waals surface area contributed by atoms with Crippen LogP contribution < -0.4 is 15.0 Å². The van der Waals surface area contributed by atoms with Crippen molar-refractivity contribution < 1.29 is 19.1 Å². The number of imide groups is 1. The number of aryl methyl sites for hydroxylation is 1. The lowest BCUT2D eigenvalue weighted by Gasteiger charge is -2.13. The van der Waals surface area contributed by atoms with Gasteiger partial charge in [-0.3, -0.25) is 14.4 Å². The number of anilines is 2. The Bertz CT molecular complexity index is 1490. The van der Waals surface area contributed by atoms with Gasteiger partial charge in [0.2, 0.25) is 5.91 Å². The van der Waals surface area contributed by atoms with Gasteiger partial charge in [0.15, 0.2) is 0 Å². The molecule has 1 N–H and O–H groups in total. The summed E-state index contributed by atoms with van der Waals surface area (Å²) >= 11 is 4.86. The first kappa shape index (κ1) is 24.8. The van der Waals surface area contributed by atoms with Gasteiger partial charge in [-0.1, -0.05) is 33.6 Å². The summed E-state index contributed by atoms with van der Waals surface area (Å²) in [6.07, 6.45) is 0. The van der Waals surface area contributed by atoms with Crippen molar-refractivity contribution in [3.8, 4) is 11.5 Å². The maximum atomic E-state index is 13.0. The topological polar surface area (TPSA) is 75.7 Å². The molecule has 0 aliphatic carbocycles. The highest BCUT2D eigenvalue weighted by Crippen LogP contribution is 2.33. The van der Waals surface area contributed by atoms with Gasteiger partial charge in [0.1, 0.15) is 11.5 Å². The Labute approximate surface area is 226 Å². The predicted octanol–water partition coefficient (Wildman–Crippen LogP) is 7.08. The number of hydrogen-bond donors (Lipinski definition) is 1. The molecule has 0 saturated carbocycles. The Morgan fingerprint density at radius 3 is 2.19 bits per heavy atom. The fourth-order valence-electron chi connectivity index (χ4n) is 3.83. The molecular weight excluding hydrogens is 552 g/mol. The number of carbonyl (C=O) groups excluding carboxylic acids is 3. The van der Waals surface area contributed by atoms with E-state index < -0.39 is 0 Å². The number of nitrogens with one attached hydrogen (secondary N) is 1. The van der Waals surface area contributed by atoms with E-state index in [1.54, 1.807) is 54.6 Å². The van der Waals surface area contributed by atoms with Crippen molar-refractivity contribution in [2.24, 2.45) is 0 Å². The quantitative estimate of drug-likeness (QED) is 0.189. The second-order valence-electron chi connectivity index (χ2n) is 8.41. The molecule has 184 valence electrons. The molecule has 1 heterocycles. The largest absolute Gasteiger partial charge is 0.457 e. The second kappa shape index (κ2) is 10.6. The van der Waals surface area contributed by atoms with Crippen molar-refractivity contribution in [3.63, 3.8) is 0 Å². The summed E-state index contributed by atoms with van der Waals surface area (Å²) < 4.78 is 6.91. The minimum absolute atomic E-state index is 0.110. The van der Waals surface area contributed by atoms with Gasteiger partial charge in [0.05, 0.1) is 22.6 Å². The number of hydrogen-bond acceptors (Lipinski definition) is 5. The van der Waals surface area contributed by atoms with Crippen LogP contribution in [0.2, 0.25) is 0 Å². The van der Waals surface area contributed by atoms with E-state index in [0.717, 1.165) is 14.9 Å². The number of fused-ring (bicyclic) bond motifs is 1. The first-order valence-corrected chi connectivity index (χ1v) is 13.2. The lowest BCUT2D eigenvalue weighted by molar-refractivity contribution is -0.113. The zero-order valence-corrected chi connectivity index (χ0v) is 22.1. The molecule has 0 spiro atoms. The predicted molar refractivity (Wildman–Crippen MR) is 149 cm³/mol. The van der Waals surface area contributed by atoms with E-state index in [4.69, 9.17) is 4.74 Å².